The van der Waals surface area contributed by atoms with E-state index in [9.17, 15) is 0 Å². The van der Waals surface area contributed by atoms with Crippen LogP contribution >= 0.6 is 0 Å². The van der Waals surface area contributed by atoms with E-state index in [1.165, 1.54) is 5.56 Å². The number of aromatic amines is 1. The van der Waals surface area contributed by atoms with E-state index >= 15 is 0 Å². The van der Waals surface area contributed by atoms with Crippen LogP contribution in [0.15, 0.2) is 46.1 Å². The van der Waals surface area contributed by atoms with Crippen LogP contribution in [0.4, 0.5) is 0 Å². The number of furan rings is 1. The first-order valence-corrected chi connectivity index (χ1v) is 6.62. The molecule has 0 radical (unpaired) electrons. The van der Waals surface area contributed by atoms with Crippen LogP contribution in [0.5, 0.6) is 0 Å². The van der Waals surface area contributed by atoms with Crippen LogP contribution in [-0.2, 0) is 0 Å². The first kappa shape index (κ1) is 11.3. The summed E-state index contributed by atoms with van der Waals surface area (Å²) in [4.78, 5) is 7.93. The summed E-state index contributed by atoms with van der Waals surface area (Å²) in [6.45, 7) is 2.07. The molecule has 2 N–H and O–H groups in total. The Kier molecular flexibility index (Phi) is 2.39. The molecule has 0 fully saturated rings. The Labute approximate surface area is 115 Å². The molecule has 0 saturated heterocycles. The Bertz CT molecular complexity index is 785. The summed E-state index contributed by atoms with van der Waals surface area (Å²) in [5.41, 5.74) is 7.26. The molecule has 1 aromatic carbocycles. The zero-order chi connectivity index (χ0) is 13.5. The maximum absolute atomic E-state index is 5.41. The highest BCUT2D eigenvalue weighted by molar-refractivity contribution is 6.01. The Balaban J connectivity index is 1.64. The summed E-state index contributed by atoms with van der Waals surface area (Å²) in [5.74, 6) is 1.72. The van der Waals surface area contributed by atoms with Crippen molar-refractivity contribution >= 4 is 16.7 Å². The first-order chi connectivity index (χ1) is 9.79. The number of aryl methyl sites for hydroxylation is 1. The van der Waals surface area contributed by atoms with E-state index in [1.807, 2.05) is 18.2 Å². The van der Waals surface area contributed by atoms with Gasteiger partial charge in [-0.05, 0) is 36.8 Å². The molecule has 100 valence electrons. The van der Waals surface area contributed by atoms with Gasteiger partial charge in [0.15, 0.2) is 5.82 Å². The van der Waals surface area contributed by atoms with Gasteiger partial charge in [0, 0.05) is 6.42 Å². The lowest BCUT2D eigenvalue weighted by atomic mass is 10.1. The van der Waals surface area contributed by atoms with Gasteiger partial charge in [-0.1, -0.05) is 6.07 Å². The topological polar surface area (TPSA) is 66.2 Å². The van der Waals surface area contributed by atoms with Crippen LogP contribution in [-0.4, -0.2) is 15.7 Å². The predicted octanol–water partition coefficient (Wildman–Crippen LogP) is 2.90. The second-order valence-corrected chi connectivity index (χ2v) is 5.07. The molecule has 2 aromatic heterocycles. The lowest BCUT2D eigenvalue weighted by molar-refractivity contribution is 0.440. The number of nitrogens with one attached hydrogen (secondary N) is 2. The third-order valence-electron chi connectivity index (χ3n) is 3.55. The summed E-state index contributed by atoms with van der Waals surface area (Å²) in [7, 11) is 0. The molecule has 0 amide bonds. The number of benzene rings is 1. The van der Waals surface area contributed by atoms with E-state index in [0.717, 1.165) is 34.8 Å². The lowest BCUT2D eigenvalue weighted by Crippen LogP contribution is -2.08. The normalized spacial score (nSPS) is 18.2. The Morgan fingerprint density at radius 2 is 2.25 bits per heavy atom. The minimum Gasteiger partial charge on any atom is -0.467 e. The number of hydrogen-bond donors (Lipinski definition) is 2. The van der Waals surface area contributed by atoms with Crippen LogP contribution in [0, 0.1) is 6.92 Å². The first-order valence-electron chi connectivity index (χ1n) is 6.62. The van der Waals surface area contributed by atoms with Gasteiger partial charge in [-0.15, -0.1) is 0 Å². The SMILES string of the molecule is Cc1ccc2nc(C3=NN[C@@H](c4ccco4)C3)[nH]c2c1. The van der Waals surface area contributed by atoms with Crippen LogP contribution in [0.2, 0.25) is 0 Å². The fourth-order valence-corrected chi connectivity index (χ4v) is 2.50. The van der Waals surface area contributed by atoms with Crippen LogP contribution < -0.4 is 5.43 Å². The molecule has 0 spiro atoms. The molecule has 1 atom stereocenters. The van der Waals surface area contributed by atoms with Crippen molar-refractivity contribution in [2.24, 2.45) is 5.10 Å². The zero-order valence-corrected chi connectivity index (χ0v) is 11.1. The quantitative estimate of drug-likeness (QED) is 0.749. The van der Waals surface area contributed by atoms with Crippen molar-refractivity contribution in [3.8, 4) is 0 Å². The summed E-state index contributed by atoms with van der Waals surface area (Å²) < 4.78 is 5.41. The van der Waals surface area contributed by atoms with Gasteiger partial charge in [-0.2, -0.15) is 5.10 Å². The van der Waals surface area contributed by atoms with E-state index in [2.05, 4.69) is 39.6 Å². The van der Waals surface area contributed by atoms with Crippen LogP contribution in [0.1, 0.15) is 29.6 Å². The number of hydrazone groups is 1. The Morgan fingerprint density at radius 1 is 1.30 bits per heavy atom. The van der Waals surface area contributed by atoms with Crippen molar-refractivity contribution in [2.75, 3.05) is 0 Å². The number of nitrogens with zero attached hydrogens (tertiary/aromatic N) is 2. The van der Waals surface area contributed by atoms with E-state index in [0.29, 0.717) is 0 Å². The molecular weight excluding hydrogens is 252 g/mol. The third kappa shape index (κ3) is 1.79. The maximum atomic E-state index is 5.41. The molecule has 3 heterocycles. The molecule has 0 saturated carbocycles. The number of rotatable bonds is 2. The number of fused-ring (bicyclic) bond motifs is 1. The van der Waals surface area contributed by atoms with Gasteiger partial charge in [0.25, 0.3) is 0 Å². The highest BCUT2D eigenvalue weighted by Crippen LogP contribution is 2.24. The number of imidazole rings is 1. The van der Waals surface area contributed by atoms with Crippen molar-refractivity contribution in [1.29, 1.82) is 0 Å². The van der Waals surface area contributed by atoms with Gasteiger partial charge in [-0.3, -0.25) is 5.43 Å². The van der Waals surface area contributed by atoms with Gasteiger partial charge in [-0.25, -0.2) is 4.98 Å². The summed E-state index contributed by atoms with van der Waals surface area (Å²) in [6, 6.07) is 10.1. The molecule has 5 heteroatoms. The van der Waals surface area contributed by atoms with Gasteiger partial charge >= 0.3 is 0 Å². The molecule has 1 aliphatic heterocycles. The van der Waals surface area contributed by atoms with Crippen molar-refractivity contribution in [3.05, 3.63) is 53.7 Å². The average molecular weight is 266 g/mol. The second-order valence-electron chi connectivity index (χ2n) is 5.07. The standard InChI is InChI=1S/C15H14N4O/c1-9-4-5-10-11(7-9)17-15(16-10)13-8-12(18-19-13)14-3-2-6-20-14/h2-7,12,18H,8H2,1H3,(H,16,17)/t12-/m1/s1. The van der Waals surface area contributed by atoms with Gasteiger partial charge < -0.3 is 9.40 Å². The predicted molar refractivity (Wildman–Crippen MR) is 76.6 cm³/mol. The van der Waals surface area contributed by atoms with E-state index in [1.54, 1.807) is 6.26 Å². The summed E-state index contributed by atoms with van der Waals surface area (Å²) in [5, 5.41) is 4.37. The van der Waals surface area contributed by atoms with Crippen molar-refractivity contribution in [3.63, 3.8) is 0 Å². The van der Waals surface area contributed by atoms with Crippen LogP contribution in [0.3, 0.4) is 0 Å². The fourth-order valence-electron chi connectivity index (χ4n) is 2.50. The smallest absolute Gasteiger partial charge is 0.154 e. The maximum Gasteiger partial charge on any atom is 0.154 e. The monoisotopic (exact) mass is 266 g/mol. The highest BCUT2D eigenvalue weighted by atomic mass is 16.3. The highest BCUT2D eigenvalue weighted by Gasteiger charge is 2.24. The number of H-pyrrole nitrogens is 1. The lowest BCUT2D eigenvalue weighted by Gasteiger charge is -2.04. The Morgan fingerprint density at radius 3 is 3.10 bits per heavy atom. The minimum atomic E-state index is 0.0925. The zero-order valence-electron chi connectivity index (χ0n) is 11.1. The van der Waals surface area contributed by atoms with Gasteiger partial charge in [0.1, 0.15) is 17.5 Å². The summed E-state index contributed by atoms with van der Waals surface area (Å²) >= 11 is 0. The molecule has 20 heavy (non-hydrogen) atoms. The molecule has 4 rings (SSSR count). The Hall–Kier alpha value is -2.56. The molecular formula is C15H14N4O. The van der Waals surface area contributed by atoms with Gasteiger partial charge in [0.2, 0.25) is 0 Å². The molecule has 3 aromatic rings. The molecule has 1 aliphatic rings. The molecule has 0 bridgehead atoms. The van der Waals surface area contributed by atoms with E-state index < -0.39 is 0 Å². The van der Waals surface area contributed by atoms with Crippen LogP contribution in [0.25, 0.3) is 11.0 Å². The van der Waals surface area contributed by atoms with Gasteiger partial charge in [0.05, 0.1) is 17.3 Å². The largest absolute Gasteiger partial charge is 0.467 e. The van der Waals surface area contributed by atoms with Crippen molar-refractivity contribution in [1.82, 2.24) is 15.4 Å². The van der Waals surface area contributed by atoms with E-state index in [4.69, 9.17) is 4.42 Å². The average Bonchev–Trinajstić information content (AvgIpc) is 3.17. The molecule has 5 nitrogen and oxygen atoms in total. The number of hydrogen-bond acceptors (Lipinski definition) is 4. The van der Waals surface area contributed by atoms with Crippen molar-refractivity contribution < 1.29 is 4.42 Å². The molecule has 0 unspecified atom stereocenters. The third-order valence-corrected chi connectivity index (χ3v) is 3.55. The second kappa shape index (κ2) is 4.23. The number of aromatic nitrogens is 2. The van der Waals surface area contributed by atoms with E-state index in [-0.39, 0.29) is 6.04 Å². The minimum absolute atomic E-state index is 0.0925. The molecule has 0 aliphatic carbocycles. The fraction of sp³-hybridized carbons (Fsp3) is 0.200. The van der Waals surface area contributed by atoms with Crippen molar-refractivity contribution in [2.45, 2.75) is 19.4 Å². The summed E-state index contributed by atoms with van der Waals surface area (Å²) in [6.07, 6.45) is 2.45.